The summed E-state index contributed by atoms with van der Waals surface area (Å²) in [6.45, 7) is 2.02. The summed E-state index contributed by atoms with van der Waals surface area (Å²) in [4.78, 5) is 20.7. The van der Waals surface area contributed by atoms with Crippen LogP contribution in [0, 0.1) is 6.92 Å². The number of aromatic amines is 1. The van der Waals surface area contributed by atoms with Crippen LogP contribution in [-0.2, 0) is 0 Å². The van der Waals surface area contributed by atoms with Gasteiger partial charge in [-0.15, -0.1) is 0 Å². The normalized spacial score (nSPS) is 10.8. The molecule has 3 aromatic carbocycles. The van der Waals surface area contributed by atoms with Gasteiger partial charge in [0.15, 0.2) is 10.9 Å². The fourth-order valence-corrected chi connectivity index (χ4v) is 3.76. The lowest BCUT2D eigenvalue weighted by molar-refractivity contribution is 0.102. The topological polar surface area (TPSA) is 45.8 Å². The van der Waals surface area contributed by atoms with Crippen LogP contribution in [0.2, 0.25) is 0 Å². The Morgan fingerprint density at radius 2 is 1.46 bits per heavy atom. The molecule has 0 amide bonds. The first kappa shape index (κ1) is 18.3. The summed E-state index contributed by atoms with van der Waals surface area (Å²) in [5.41, 5.74) is 5.88. The average Bonchev–Trinajstić information content (AvgIpc) is 3.18. The van der Waals surface area contributed by atoms with Gasteiger partial charge in [-0.25, -0.2) is 4.98 Å². The molecule has 1 heterocycles. The highest BCUT2D eigenvalue weighted by molar-refractivity contribution is 7.99. The van der Waals surface area contributed by atoms with Crippen LogP contribution in [0.5, 0.6) is 0 Å². The van der Waals surface area contributed by atoms with Crippen LogP contribution >= 0.6 is 11.8 Å². The third-order valence-electron chi connectivity index (χ3n) is 4.51. The number of carbonyl (C=O) groups is 1. The van der Waals surface area contributed by atoms with E-state index in [-0.39, 0.29) is 5.78 Å². The predicted octanol–water partition coefficient (Wildman–Crippen LogP) is 6.03. The number of rotatable bonds is 6. The molecule has 3 nitrogen and oxygen atoms in total. The molecular weight excluding hydrogens is 364 g/mol. The number of carbonyl (C=O) groups excluding carboxylic acids is 1. The van der Waals surface area contributed by atoms with Crippen molar-refractivity contribution in [3.63, 3.8) is 0 Å². The van der Waals surface area contributed by atoms with Gasteiger partial charge in [-0.1, -0.05) is 102 Å². The van der Waals surface area contributed by atoms with Crippen molar-refractivity contribution in [2.45, 2.75) is 12.1 Å². The molecule has 0 aliphatic carbocycles. The Labute approximate surface area is 168 Å². The van der Waals surface area contributed by atoms with Gasteiger partial charge in [0.2, 0.25) is 0 Å². The number of H-pyrrole nitrogens is 1. The van der Waals surface area contributed by atoms with Gasteiger partial charge in [-0.05, 0) is 6.92 Å². The van der Waals surface area contributed by atoms with Gasteiger partial charge >= 0.3 is 0 Å². The molecule has 0 saturated heterocycles. The van der Waals surface area contributed by atoms with Crippen LogP contribution < -0.4 is 0 Å². The second-order valence-corrected chi connectivity index (χ2v) is 7.54. The molecule has 0 fully saturated rings. The van der Waals surface area contributed by atoms with Crippen molar-refractivity contribution >= 4 is 17.5 Å². The smallest absolute Gasteiger partial charge is 0.173 e. The van der Waals surface area contributed by atoms with Gasteiger partial charge in [-0.2, -0.15) is 0 Å². The molecule has 138 valence electrons. The van der Waals surface area contributed by atoms with Crippen LogP contribution in [-0.4, -0.2) is 21.5 Å². The lowest BCUT2D eigenvalue weighted by atomic mass is 10.1. The first-order valence-electron chi connectivity index (χ1n) is 9.14. The van der Waals surface area contributed by atoms with Crippen molar-refractivity contribution in [2.75, 3.05) is 5.75 Å². The summed E-state index contributed by atoms with van der Waals surface area (Å²) in [5.74, 6) is 0.447. The molecule has 28 heavy (non-hydrogen) atoms. The molecule has 0 bridgehead atoms. The summed E-state index contributed by atoms with van der Waals surface area (Å²) >= 11 is 1.44. The van der Waals surface area contributed by atoms with Gasteiger partial charge in [0.25, 0.3) is 0 Å². The maximum atomic E-state index is 12.5. The van der Waals surface area contributed by atoms with Crippen molar-refractivity contribution in [1.82, 2.24) is 9.97 Å². The molecule has 0 atom stereocenters. The zero-order chi connectivity index (χ0) is 19.3. The minimum Gasteiger partial charge on any atom is -0.332 e. The van der Waals surface area contributed by atoms with E-state index in [0.717, 1.165) is 38.8 Å². The standard InChI is InChI=1S/C24H20N2OS/c1-17-12-14-18(15-13-17)21(27)16-28-24-25-22(19-8-4-2-5-9-19)23(26-24)20-10-6-3-7-11-20/h2-15H,16H2,1H3,(H,25,26). The third-order valence-corrected chi connectivity index (χ3v) is 5.38. The van der Waals surface area contributed by atoms with Crippen molar-refractivity contribution in [3.8, 4) is 22.5 Å². The van der Waals surface area contributed by atoms with Gasteiger partial charge in [0.05, 0.1) is 17.1 Å². The van der Waals surface area contributed by atoms with Crippen molar-refractivity contribution < 1.29 is 4.79 Å². The molecule has 0 aliphatic rings. The number of benzene rings is 3. The minimum absolute atomic E-state index is 0.101. The fraction of sp³-hybridized carbons (Fsp3) is 0.0833. The Hall–Kier alpha value is -3.11. The van der Waals surface area contributed by atoms with Crippen LogP contribution in [0.1, 0.15) is 15.9 Å². The molecule has 1 N–H and O–H groups in total. The van der Waals surface area contributed by atoms with Crippen LogP contribution in [0.25, 0.3) is 22.5 Å². The van der Waals surface area contributed by atoms with E-state index >= 15 is 0 Å². The van der Waals surface area contributed by atoms with E-state index in [0.29, 0.717) is 5.75 Å². The molecule has 4 aromatic rings. The van der Waals surface area contributed by atoms with Crippen molar-refractivity contribution in [3.05, 3.63) is 96.1 Å². The first-order chi connectivity index (χ1) is 13.7. The zero-order valence-corrected chi connectivity index (χ0v) is 16.4. The van der Waals surface area contributed by atoms with Crippen molar-refractivity contribution in [2.24, 2.45) is 0 Å². The van der Waals surface area contributed by atoms with Crippen molar-refractivity contribution in [1.29, 1.82) is 0 Å². The molecule has 0 radical (unpaired) electrons. The molecule has 0 aliphatic heterocycles. The number of Topliss-reactive ketones (excluding diaryl/α,β-unsaturated/α-hetero) is 1. The Morgan fingerprint density at radius 3 is 2.11 bits per heavy atom. The van der Waals surface area contributed by atoms with E-state index < -0.39 is 0 Å². The molecule has 0 saturated carbocycles. The summed E-state index contributed by atoms with van der Waals surface area (Å²) < 4.78 is 0. The highest BCUT2D eigenvalue weighted by atomic mass is 32.2. The predicted molar refractivity (Wildman–Crippen MR) is 116 cm³/mol. The summed E-state index contributed by atoms with van der Waals surface area (Å²) in [6.07, 6.45) is 0. The number of hydrogen-bond donors (Lipinski definition) is 1. The Bertz CT molecular complexity index is 1010. The Balaban J connectivity index is 1.60. The largest absolute Gasteiger partial charge is 0.332 e. The number of hydrogen-bond acceptors (Lipinski definition) is 3. The number of thioether (sulfide) groups is 1. The summed E-state index contributed by atoms with van der Waals surface area (Å²) in [7, 11) is 0. The van der Waals surface area contributed by atoms with E-state index in [9.17, 15) is 4.79 Å². The van der Waals surface area contributed by atoms with E-state index in [2.05, 4.69) is 29.2 Å². The molecule has 4 rings (SSSR count). The van der Waals surface area contributed by atoms with Gasteiger partial charge in [0, 0.05) is 16.7 Å². The van der Waals surface area contributed by atoms with E-state index in [1.807, 2.05) is 67.6 Å². The zero-order valence-electron chi connectivity index (χ0n) is 15.6. The summed E-state index contributed by atoms with van der Waals surface area (Å²) in [5, 5.41) is 0.748. The number of imidazole rings is 1. The van der Waals surface area contributed by atoms with Gasteiger partial charge in [0.1, 0.15) is 0 Å². The second-order valence-electron chi connectivity index (χ2n) is 6.58. The lowest BCUT2D eigenvalue weighted by Crippen LogP contribution is -2.02. The van der Waals surface area contributed by atoms with Crippen LogP contribution in [0.4, 0.5) is 0 Å². The maximum Gasteiger partial charge on any atom is 0.173 e. The molecule has 0 unspecified atom stereocenters. The highest BCUT2D eigenvalue weighted by Gasteiger charge is 2.15. The molecular formula is C24H20N2OS. The Morgan fingerprint density at radius 1 is 0.857 bits per heavy atom. The van der Waals surface area contributed by atoms with E-state index in [4.69, 9.17) is 4.98 Å². The minimum atomic E-state index is 0.101. The monoisotopic (exact) mass is 384 g/mol. The number of nitrogens with one attached hydrogen (secondary N) is 1. The van der Waals surface area contributed by atoms with Gasteiger partial charge < -0.3 is 4.98 Å². The van der Waals surface area contributed by atoms with E-state index in [1.54, 1.807) is 0 Å². The average molecular weight is 385 g/mol. The van der Waals surface area contributed by atoms with Gasteiger partial charge in [-0.3, -0.25) is 4.79 Å². The summed E-state index contributed by atoms with van der Waals surface area (Å²) in [6, 6.07) is 27.9. The molecule has 1 aromatic heterocycles. The number of aryl methyl sites for hydroxylation is 1. The highest BCUT2D eigenvalue weighted by Crippen LogP contribution is 2.32. The van der Waals surface area contributed by atoms with E-state index in [1.165, 1.54) is 11.8 Å². The first-order valence-corrected chi connectivity index (χ1v) is 10.1. The third kappa shape index (κ3) is 4.07. The maximum absolute atomic E-state index is 12.5. The quantitative estimate of drug-likeness (QED) is 0.326. The fourth-order valence-electron chi connectivity index (χ4n) is 3.00. The SMILES string of the molecule is Cc1ccc(C(=O)CSc2nc(-c3ccccc3)c(-c3ccccc3)[nH]2)cc1. The second kappa shape index (κ2) is 8.28. The van der Waals surface area contributed by atoms with Crippen LogP contribution in [0.15, 0.2) is 90.1 Å². The Kier molecular flexibility index (Phi) is 5.40. The number of aromatic nitrogens is 2. The number of nitrogens with zero attached hydrogens (tertiary/aromatic N) is 1. The number of ketones is 1. The lowest BCUT2D eigenvalue weighted by Gasteiger charge is -2.02. The van der Waals surface area contributed by atoms with Crippen LogP contribution in [0.3, 0.4) is 0 Å². The molecule has 4 heteroatoms. The molecule has 0 spiro atoms.